The molecule has 0 unspecified atom stereocenters. The van der Waals surface area contributed by atoms with Crippen LogP contribution in [0.5, 0.6) is 0 Å². The van der Waals surface area contributed by atoms with Gasteiger partial charge in [0, 0.05) is 6.42 Å². The number of carbonyl (C=O) groups is 1. The highest BCUT2D eigenvalue weighted by molar-refractivity contribution is 5.66. The maximum absolute atomic E-state index is 13.3. The molecule has 1 N–H and O–H groups in total. The van der Waals surface area contributed by atoms with Gasteiger partial charge in [-0.3, -0.25) is 4.79 Å². The van der Waals surface area contributed by atoms with E-state index in [0.29, 0.717) is 0 Å². The molecule has 2 nitrogen and oxygen atoms in total. The maximum atomic E-state index is 13.3. The van der Waals surface area contributed by atoms with Crippen LogP contribution in [0.4, 0.5) is 13.2 Å². The van der Waals surface area contributed by atoms with E-state index in [2.05, 4.69) is 0 Å². The summed E-state index contributed by atoms with van der Waals surface area (Å²) < 4.78 is 39.5. The van der Waals surface area contributed by atoms with E-state index < -0.39 is 36.1 Å². The van der Waals surface area contributed by atoms with Crippen molar-refractivity contribution in [2.75, 3.05) is 0 Å². The number of benzene rings is 1. The summed E-state index contributed by atoms with van der Waals surface area (Å²) in [6.45, 7) is 0. The van der Waals surface area contributed by atoms with E-state index >= 15 is 0 Å². The van der Waals surface area contributed by atoms with Crippen LogP contribution in [0.3, 0.4) is 0 Å². The molecular weight excluding hydrogens is 209 g/mol. The molecule has 0 saturated heterocycles. The van der Waals surface area contributed by atoms with Crippen LogP contribution in [-0.4, -0.2) is 11.1 Å². The molecule has 0 aliphatic carbocycles. The monoisotopic (exact) mass is 218 g/mol. The Morgan fingerprint density at radius 3 is 2.47 bits per heavy atom. The molecule has 82 valence electrons. The van der Waals surface area contributed by atoms with Crippen LogP contribution < -0.4 is 0 Å². The summed E-state index contributed by atoms with van der Waals surface area (Å²) in [5.41, 5.74) is -0.758. The minimum atomic E-state index is -3.44. The Morgan fingerprint density at radius 1 is 1.33 bits per heavy atom. The summed E-state index contributed by atoms with van der Waals surface area (Å²) in [6, 6.07) is 4.46. The van der Waals surface area contributed by atoms with Crippen LogP contribution in [0.15, 0.2) is 24.3 Å². The lowest BCUT2D eigenvalue weighted by molar-refractivity contribution is -0.139. The van der Waals surface area contributed by atoms with Gasteiger partial charge in [-0.25, -0.2) is 13.2 Å². The standard InChI is InChI=1S/C10H9F3O2/c11-8-4-2-1-3-7(8)10(12,13)6-5-9(14)15/h1-4H,5-6H2,(H,14,15). The number of carboxylic acid groups (broad SMARTS) is 1. The lowest BCUT2D eigenvalue weighted by atomic mass is 10.0. The zero-order chi connectivity index (χ0) is 11.5. The Labute approximate surface area is 84.3 Å². The van der Waals surface area contributed by atoms with Gasteiger partial charge in [-0.05, 0) is 6.07 Å². The van der Waals surface area contributed by atoms with Crippen LogP contribution in [0, 0.1) is 5.82 Å². The van der Waals surface area contributed by atoms with E-state index in [0.717, 1.165) is 12.1 Å². The third-order valence-electron chi connectivity index (χ3n) is 1.92. The fraction of sp³-hybridized carbons (Fsp3) is 0.300. The smallest absolute Gasteiger partial charge is 0.303 e. The summed E-state index contributed by atoms with van der Waals surface area (Å²) in [4.78, 5) is 10.1. The van der Waals surface area contributed by atoms with Crippen molar-refractivity contribution in [1.82, 2.24) is 0 Å². The first-order valence-corrected chi connectivity index (χ1v) is 4.28. The Balaban J connectivity index is 2.85. The number of carboxylic acids is 1. The van der Waals surface area contributed by atoms with Crippen LogP contribution in [0.25, 0.3) is 0 Å². The average Bonchev–Trinajstić information content (AvgIpc) is 2.15. The van der Waals surface area contributed by atoms with Crippen LogP contribution >= 0.6 is 0 Å². The molecule has 1 rings (SSSR count). The second kappa shape index (κ2) is 4.33. The average molecular weight is 218 g/mol. The first-order valence-electron chi connectivity index (χ1n) is 4.28. The fourth-order valence-electron chi connectivity index (χ4n) is 1.16. The van der Waals surface area contributed by atoms with Crippen molar-refractivity contribution in [3.63, 3.8) is 0 Å². The molecule has 0 saturated carbocycles. The lowest BCUT2D eigenvalue weighted by Gasteiger charge is -2.15. The highest BCUT2D eigenvalue weighted by Crippen LogP contribution is 2.34. The molecule has 0 aliphatic heterocycles. The molecule has 0 radical (unpaired) electrons. The molecule has 5 heteroatoms. The van der Waals surface area contributed by atoms with Gasteiger partial charge in [0.1, 0.15) is 5.82 Å². The molecule has 1 aromatic rings. The zero-order valence-electron chi connectivity index (χ0n) is 7.71. The molecule has 0 fully saturated rings. The van der Waals surface area contributed by atoms with Gasteiger partial charge >= 0.3 is 5.97 Å². The van der Waals surface area contributed by atoms with Crippen LogP contribution in [0.2, 0.25) is 0 Å². The Morgan fingerprint density at radius 2 is 1.93 bits per heavy atom. The number of halogens is 3. The lowest BCUT2D eigenvalue weighted by Crippen LogP contribution is -2.17. The number of rotatable bonds is 4. The van der Waals surface area contributed by atoms with Crippen LogP contribution in [0.1, 0.15) is 18.4 Å². The number of hydrogen-bond acceptors (Lipinski definition) is 1. The normalized spacial score (nSPS) is 11.4. The van der Waals surface area contributed by atoms with Crippen molar-refractivity contribution >= 4 is 5.97 Å². The molecule has 0 aliphatic rings. The highest BCUT2D eigenvalue weighted by Gasteiger charge is 2.34. The third kappa shape index (κ3) is 2.97. The van der Waals surface area contributed by atoms with Gasteiger partial charge in [0.2, 0.25) is 0 Å². The molecule has 0 bridgehead atoms. The molecule has 0 spiro atoms. The van der Waals surface area contributed by atoms with E-state index in [1.165, 1.54) is 12.1 Å². The molecule has 0 amide bonds. The number of hydrogen-bond donors (Lipinski definition) is 1. The second-order valence-electron chi connectivity index (χ2n) is 3.08. The number of alkyl halides is 2. The van der Waals surface area contributed by atoms with Crippen molar-refractivity contribution in [3.8, 4) is 0 Å². The molecule has 0 aromatic heterocycles. The van der Waals surface area contributed by atoms with Gasteiger partial charge in [-0.2, -0.15) is 0 Å². The van der Waals surface area contributed by atoms with E-state index in [1.54, 1.807) is 0 Å². The maximum Gasteiger partial charge on any atom is 0.303 e. The largest absolute Gasteiger partial charge is 0.481 e. The molecular formula is C10H9F3O2. The number of aliphatic carboxylic acids is 1. The molecule has 1 aromatic carbocycles. The summed E-state index contributed by atoms with van der Waals surface area (Å²) in [7, 11) is 0. The Kier molecular flexibility index (Phi) is 3.34. The molecule has 0 heterocycles. The topological polar surface area (TPSA) is 37.3 Å². The Hall–Kier alpha value is -1.52. The predicted molar refractivity (Wildman–Crippen MR) is 47.2 cm³/mol. The molecule has 15 heavy (non-hydrogen) atoms. The van der Waals surface area contributed by atoms with Gasteiger partial charge in [0.05, 0.1) is 12.0 Å². The van der Waals surface area contributed by atoms with Gasteiger partial charge in [0.25, 0.3) is 5.92 Å². The van der Waals surface area contributed by atoms with Crippen molar-refractivity contribution in [2.45, 2.75) is 18.8 Å². The summed E-state index contributed by atoms with van der Waals surface area (Å²) in [6.07, 6.45) is -1.59. The summed E-state index contributed by atoms with van der Waals surface area (Å²) in [5, 5.41) is 8.27. The fourth-order valence-corrected chi connectivity index (χ4v) is 1.16. The zero-order valence-corrected chi connectivity index (χ0v) is 7.71. The SMILES string of the molecule is O=C(O)CCC(F)(F)c1ccccc1F. The van der Waals surface area contributed by atoms with Crippen molar-refractivity contribution in [1.29, 1.82) is 0 Å². The van der Waals surface area contributed by atoms with Gasteiger partial charge in [-0.1, -0.05) is 18.2 Å². The van der Waals surface area contributed by atoms with E-state index in [4.69, 9.17) is 5.11 Å². The predicted octanol–water partition coefficient (Wildman–Crippen LogP) is 2.78. The van der Waals surface area contributed by atoms with Gasteiger partial charge in [0.15, 0.2) is 0 Å². The van der Waals surface area contributed by atoms with Crippen LogP contribution in [-0.2, 0) is 10.7 Å². The quantitative estimate of drug-likeness (QED) is 0.843. The van der Waals surface area contributed by atoms with E-state index in [9.17, 15) is 18.0 Å². The first kappa shape index (κ1) is 11.6. The van der Waals surface area contributed by atoms with Crippen molar-refractivity contribution < 1.29 is 23.1 Å². The van der Waals surface area contributed by atoms with Gasteiger partial charge in [-0.15, -0.1) is 0 Å². The first-order chi connectivity index (χ1) is 6.93. The van der Waals surface area contributed by atoms with Crippen molar-refractivity contribution in [2.24, 2.45) is 0 Å². The minimum Gasteiger partial charge on any atom is -0.481 e. The third-order valence-corrected chi connectivity index (χ3v) is 1.92. The van der Waals surface area contributed by atoms with Gasteiger partial charge < -0.3 is 5.11 Å². The highest BCUT2D eigenvalue weighted by atomic mass is 19.3. The Bertz CT molecular complexity index is 363. The molecule has 0 atom stereocenters. The van der Waals surface area contributed by atoms with E-state index in [-0.39, 0.29) is 0 Å². The van der Waals surface area contributed by atoms with Crippen molar-refractivity contribution in [3.05, 3.63) is 35.6 Å². The summed E-state index contributed by atoms with van der Waals surface area (Å²) in [5.74, 6) is -5.79. The van der Waals surface area contributed by atoms with E-state index in [1.807, 2.05) is 0 Å². The summed E-state index contributed by atoms with van der Waals surface area (Å²) >= 11 is 0. The minimum absolute atomic E-state index is 0.693. The second-order valence-corrected chi connectivity index (χ2v) is 3.08.